The maximum Gasteiger partial charge on any atom is 0.255 e. The molecule has 3 heteroatoms. The highest BCUT2D eigenvalue weighted by Gasteiger charge is 2.52. The highest BCUT2D eigenvalue weighted by molar-refractivity contribution is 6.30. The number of halogens is 1. The van der Waals surface area contributed by atoms with Gasteiger partial charge in [-0.25, -0.2) is 0 Å². The molecule has 0 aromatic heterocycles. The van der Waals surface area contributed by atoms with Gasteiger partial charge in [0, 0.05) is 17.1 Å². The highest BCUT2D eigenvalue weighted by atomic mass is 35.5. The van der Waals surface area contributed by atoms with Crippen LogP contribution in [0.5, 0.6) is 0 Å². The van der Waals surface area contributed by atoms with Crippen LogP contribution in [0.2, 0.25) is 5.02 Å². The molecule has 0 bridgehead atoms. The third-order valence-electron chi connectivity index (χ3n) is 4.55. The van der Waals surface area contributed by atoms with E-state index >= 15 is 0 Å². The molecule has 100 valence electrons. The lowest BCUT2D eigenvalue weighted by molar-refractivity contribution is 0.0711. The Morgan fingerprint density at radius 3 is 2.60 bits per heavy atom. The Balaban J connectivity index is 1.99. The maximum absolute atomic E-state index is 12.6. The predicted octanol–water partition coefficient (Wildman–Crippen LogP) is 3.83. The van der Waals surface area contributed by atoms with E-state index in [0.717, 1.165) is 41.1 Å². The van der Waals surface area contributed by atoms with E-state index in [9.17, 15) is 4.79 Å². The lowest BCUT2D eigenvalue weighted by atomic mass is 9.81. The second-order valence-corrected chi connectivity index (χ2v) is 5.91. The largest absolute Gasteiger partial charge is 0.325 e. The van der Waals surface area contributed by atoms with Crippen molar-refractivity contribution < 1.29 is 4.79 Å². The number of nitrogens with zero attached hydrogens (tertiary/aromatic N) is 1. The first-order chi connectivity index (χ1) is 9.73. The van der Waals surface area contributed by atoms with Crippen LogP contribution in [0.25, 0.3) is 0 Å². The lowest BCUT2D eigenvalue weighted by Gasteiger charge is -2.33. The number of hydrogen-bond acceptors (Lipinski definition) is 1. The topological polar surface area (TPSA) is 20.3 Å². The molecule has 1 fully saturated rings. The van der Waals surface area contributed by atoms with E-state index in [-0.39, 0.29) is 11.4 Å². The number of rotatable bonds is 1. The van der Waals surface area contributed by atoms with Crippen molar-refractivity contribution in [1.29, 1.82) is 0 Å². The monoisotopic (exact) mass is 283 g/mol. The van der Waals surface area contributed by atoms with E-state index < -0.39 is 0 Å². The molecule has 1 saturated heterocycles. The van der Waals surface area contributed by atoms with Crippen LogP contribution in [0.1, 0.15) is 34.3 Å². The van der Waals surface area contributed by atoms with Crippen LogP contribution >= 0.6 is 11.6 Å². The van der Waals surface area contributed by atoms with Crippen LogP contribution in [0.3, 0.4) is 0 Å². The van der Waals surface area contributed by atoms with Crippen molar-refractivity contribution in [3.63, 3.8) is 0 Å². The van der Waals surface area contributed by atoms with Crippen molar-refractivity contribution >= 4 is 17.5 Å². The van der Waals surface area contributed by atoms with E-state index in [2.05, 4.69) is 18.2 Å². The molecule has 0 spiro atoms. The summed E-state index contributed by atoms with van der Waals surface area (Å²) in [6.45, 7) is 0.830. The minimum atomic E-state index is -0.279. The molecule has 0 aliphatic carbocycles. The normalized spacial score (nSPS) is 23.9. The molecular weight excluding hydrogens is 270 g/mol. The maximum atomic E-state index is 12.6. The van der Waals surface area contributed by atoms with Gasteiger partial charge in [-0.1, -0.05) is 41.9 Å². The number of benzene rings is 2. The Labute approximate surface area is 123 Å². The summed E-state index contributed by atoms with van der Waals surface area (Å²) in [5, 5.41) is 0.729. The first-order valence-electron chi connectivity index (χ1n) is 6.91. The SMILES string of the molecule is O=C1c2ccccc2C2(c3ccc(Cl)cc3)CCCN12. The fourth-order valence-corrected chi connectivity index (χ4v) is 3.86. The van der Waals surface area contributed by atoms with Crippen LogP contribution in [-0.2, 0) is 5.54 Å². The molecule has 2 aromatic rings. The second-order valence-electron chi connectivity index (χ2n) is 5.47. The van der Waals surface area contributed by atoms with Crippen molar-refractivity contribution in [2.24, 2.45) is 0 Å². The van der Waals surface area contributed by atoms with Gasteiger partial charge < -0.3 is 4.90 Å². The lowest BCUT2D eigenvalue weighted by Crippen LogP contribution is -2.39. The summed E-state index contributed by atoms with van der Waals surface area (Å²) in [6, 6.07) is 15.9. The number of amides is 1. The molecule has 2 aliphatic heterocycles. The molecule has 0 N–H and O–H groups in total. The van der Waals surface area contributed by atoms with Gasteiger partial charge in [0.15, 0.2) is 0 Å². The Bertz CT molecular complexity index is 694. The van der Waals surface area contributed by atoms with Crippen LogP contribution in [0.15, 0.2) is 48.5 Å². The molecule has 2 nitrogen and oxygen atoms in total. The van der Waals surface area contributed by atoms with Crippen LogP contribution < -0.4 is 0 Å². The van der Waals surface area contributed by atoms with E-state index in [1.807, 2.05) is 35.2 Å². The summed E-state index contributed by atoms with van der Waals surface area (Å²) < 4.78 is 0. The van der Waals surface area contributed by atoms with Gasteiger partial charge in [-0.2, -0.15) is 0 Å². The van der Waals surface area contributed by atoms with Crippen molar-refractivity contribution in [2.75, 3.05) is 6.54 Å². The van der Waals surface area contributed by atoms with Crippen molar-refractivity contribution in [3.05, 3.63) is 70.2 Å². The number of hydrogen-bond donors (Lipinski definition) is 0. The third kappa shape index (κ3) is 1.37. The average Bonchev–Trinajstić information content (AvgIpc) is 3.01. The molecule has 2 heterocycles. The zero-order valence-corrected chi connectivity index (χ0v) is 11.7. The van der Waals surface area contributed by atoms with Gasteiger partial charge >= 0.3 is 0 Å². The van der Waals surface area contributed by atoms with Gasteiger partial charge in [-0.3, -0.25) is 4.79 Å². The minimum absolute atomic E-state index is 0.160. The Hall–Kier alpha value is -1.80. The zero-order valence-electron chi connectivity index (χ0n) is 11.0. The summed E-state index contributed by atoms with van der Waals surface area (Å²) in [7, 11) is 0. The molecule has 1 amide bonds. The van der Waals surface area contributed by atoms with Crippen LogP contribution in [0.4, 0.5) is 0 Å². The molecule has 0 radical (unpaired) electrons. The molecule has 4 rings (SSSR count). The van der Waals surface area contributed by atoms with Gasteiger partial charge in [0.2, 0.25) is 0 Å². The van der Waals surface area contributed by atoms with Crippen molar-refractivity contribution in [1.82, 2.24) is 4.90 Å². The van der Waals surface area contributed by atoms with Gasteiger partial charge in [0.05, 0.1) is 5.54 Å². The molecule has 20 heavy (non-hydrogen) atoms. The first-order valence-corrected chi connectivity index (χ1v) is 7.29. The van der Waals surface area contributed by atoms with Crippen molar-refractivity contribution in [3.8, 4) is 0 Å². The summed E-state index contributed by atoms with van der Waals surface area (Å²) in [5.74, 6) is 0.160. The van der Waals surface area contributed by atoms with E-state index in [1.165, 1.54) is 0 Å². The molecule has 1 unspecified atom stereocenters. The summed E-state index contributed by atoms with van der Waals surface area (Å²) in [6.07, 6.45) is 2.03. The van der Waals surface area contributed by atoms with Gasteiger partial charge in [-0.05, 0) is 42.2 Å². The molecular formula is C17H14ClNO. The molecule has 1 atom stereocenters. The van der Waals surface area contributed by atoms with Gasteiger partial charge in [0.1, 0.15) is 0 Å². The standard InChI is InChI=1S/C17H14ClNO/c18-13-8-6-12(7-9-13)17-10-3-11-19(17)16(20)14-4-1-2-5-15(14)17/h1-2,4-9H,3,10-11H2. The van der Waals surface area contributed by atoms with E-state index in [1.54, 1.807) is 0 Å². The molecule has 2 aromatic carbocycles. The average molecular weight is 284 g/mol. The van der Waals surface area contributed by atoms with Gasteiger partial charge in [-0.15, -0.1) is 0 Å². The van der Waals surface area contributed by atoms with E-state index in [0.29, 0.717) is 0 Å². The third-order valence-corrected chi connectivity index (χ3v) is 4.80. The first kappa shape index (κ1) is 12.0. The fourth-order valence-electron chi connectivity index (χ4n) is 3.73. The van der Waals surface area contributed by atoms with Gasteiger partial charge in [0.25, 0.3) is 5.91 Å². The zero-order chi connectivity index (χ0) is 13.7. The number of carbonyl (C=O) groups is 1. The molecule has 0 saturated carbocycles. The predicted molar refractivity (Wildman–Crippen MR) is 78.9 cm³/mol. The summed E-state index contributed by atoms with van der Waals surface area (Å²) in [5.41, 5.74) is 2.88. The van der Waals surface area contributed by atoms with E-state index in [4.69, 9.17) is 11.6 Å². The number of carbonyl (C=O) groups excluding carboxylic acids is 1. The Kier molecular flexibility index (Phi) is 2.45. The molecule has 2 aliphatic rings. The highest BCUT2D eigenvalue weighted by Crippen LogP contribution is 2.50. The second kappa shape index (κ2) is 4.10. The van der Waals surface area contributed by atoms with Crippen molar-refractivity contribution in [2.45, 2.75) is 18.4 Å². The number of fused-ring (bicyclic) bond motifs is 3. The fraction of sp³-hybridized carbons (Fsp3) is 0.235. The van der Waals surface area contributed by atoms with Crippen LogP contribution in [0, 0.1) is 0 Å². The quantitative estimate of drug-likeness (QED) is 0.779. The summed E-state index contributed by atoms with van der Waals surface area (Å²) >= 11 is 6.01. The summed E-state index contributed by atoms with van der Waals surface area (Å²) in [4.78, 5) is 14.7. The van der Waals surface area contributed by atoms with Crippen LogP contribution in [-0.4, -0.2) is 17.4 Å². The Morgan fingerprint density at radius 1 is 1.05 bits per heavy atom. The smallest absolute Gasteiger partial charge is 0.255 e. The Morgan fingerprint density at radius 2 is 1.80 bits per heavy atom. The minimum Gasteiger partial charge on any atom is -0.325 e.